The van der Waals surface area contributed by atoms with Gasteiger partial charge in [-0.2, -0.15) is 0 Å². The Labute approximate surface area is 110 Å². The maximum atomic E-state index is 10.9. The predicted molar refractivity (Wildman–Crippen MR) is 70.8 cm³/mol. The summed E-state index contributed by atoms with van der Waals surface area (Å²) in [5.41, 5.74) is 6.50. The summed E-state index contributed by atoms with van der Waals surface area (Å²) in [6, 6.07) is 6.55. The molecule has 0 aliphatic carbocycles. The molecule has 1 aliphatic heterocycles. The van der Waals surface area contributed by atoms with Crippen LogP contribution in [0.3, 0.4) is 0 Å². The van der Waals surface area contributed by atoms with Crippen molar-refractivity contribution >= 4 is 11.6 Å². The van der Waals surface area contributed by atoms with Crippen LogP contribution < -0.4 is 5.73 Å². The lowest BCUT2D eigenvalue weighted by Gasteiger charge is -2.27. The van der Waals surface area contributed by atoms with Crippen LogP contribution in [-0.2, 0) is 11.3 Å². The van der Waals surface area contributed by atoms with E-state index in [2.05, 4.69) is 4.99 Å². The van der Waals surface area contributed by atoms with Gasteiger partial charge >= 0.3 is 0 Å². The molecule has 1 aliphatic rings. The summed E-state index contributed by atoms with van der Waals surface area (Å²) >= 11 is 0. The third kappa shape index (κ3) is 3.41. The number of para-hydroxylation sites is 1. The molecule has 2 N–H and O–H groups in total. The highest BCUT2D eigenvalue weighted by Crippen LogP contribution is 2.18. The van der Waals surface area contributed by atoms with E-state index in [1.807, 2.05) is 4.90 Å². The second kappa shape index (κ2) is 6.14. The monoisotopic (exact) mass is 264 g/mol. The number of nitrogens with zero attached hydrogens (tertiary/aromatic N) is 3. The number of hydrogen-bond acceptors (Lipinski definition) is 4. The topological polar surface area (TPSA) is 94.0 Å². The first-order chi connectivity index (χ1) is 9.18. The molecule has 2 rings (SSSR count). The number of benzene rings is 1. The number of ether oxygens (including phenoxy) is 1. The van der Waals surface area contributed by atoms with Crippen molar-refractivity contribution in [2.45, 2.75) is 6.54 Å². The van der Waals surface area contributed by atoms with E-state index in [1.54, 1.807) is 18.2 Å². The molecule has 0 radical (unpaired) electrons. The van der Waals surface area contributed by atoms with Crippen LogP contribution in [0.25, 0.3) is 0 Å². The minimum atomic E-state index is -0.407. The Kier molecular flexibility index (Phi) is 4.30. The molecule has 1 fully saturated rings. The van der Waals surface area contributed by atoms with Crippen molar-refractivity contribution in [2.24, 2.45) is 10.7 Å². The zero-order valence-electron chi connectivity index (χ0n) is 10.5. The molecule has 1 aromatic rings. The summed E-state index contributed by atoms with van der Waals surface area (Å²) in [6.45, 7) is 2.86. The second-order valence-corrected chi connectivity index (χ2v) is 4.16. The van der Waals surface area contributed by atoms with Crippen LogP contribution in [0, 0.1) is 10.1 Å². The largest absolute Gasteiger partial charge is 0.378 e. The Bertz CT molecular complexity index is 484. The van der Waals surface area contributed by atoms with E-state index in [0.29, 0.717) is 37.8 Å². The van der Waals surface area contributed by atoms with Crippen LogP contribution in [0.1, 0.15) is 5.56 Å². The minimum Gasteiger partial charge on any atom is -0.378 e. The van der Waals surface area contributed by atoms with Crippen molar-refractivity contribution in [3.8, 4) is 0 Å². The predicted octanol–water partition coefficient (Wildman–Crippen LogP) is 0.742. The lowest BCUT2D eigenvalue weighted by atomic mass is 10.2. The minimum absolute atomic E-state index is 0.0704. The SMILES string of the molecule is NC(=NCc1ccccc1[N+](=O)[O-])N1CCOCC1. The normalized spacial score (nSPS) is 16.4. The average molecular weight is 264 g/mol. The second-order valence-electron chi connectivity index (χ2n) is 4.16. The van der Waals surface area contributed by atoms with Gasteiger partial charge in [0.2, 0.25) is 0 Å². The van der Waals surface area contributed by atoms with E-state index >= 15 is 0 Å². The molecule has 0 aromatic heterocycles. The number of rotatable bonds is 3. The number of hydrogen-bond donors (Lipinski definition) is 1. The van der Waals surface area contributed by atoms with Crippen molar-refractivity contribution in [3.63, 3.8) is 0 Å². The molecule has 0 unspecified atom stereocenters. The summed E-state index contributed by atoms with van der Waals surface area (Å²) < 4.78 is 5.22. The van der Waals surface area contributed by atoms with Gasteiger partial charge in [-0.05, 0) is 0 Å². The van der Waals surface area contributed by atoms with Gasteiger partial charge in [-0.15, -0.1) is 0 Å². The fourth-order valence-corrected chi connectivity index (χ4v) is 1.88. The van der Waals surface area contributed by atoms with E-state index in [9.17, 15) is 10.1 Å². The molecule has 7 nitrogen and oxygen atoms in total. The molecule has 1 aromatic carbocycles. The molecule has 102 valence electrons. The van der Waals surface area contributed by atoms with Crippen LogP contribution >= 0.6 is 0 Å². The van der Waals surface area contributed by atoms with Crippen molar-refractivity contribution in [1.29, 1.82) is 0 Å². The van der Waals surface area contributed by atoms with Crippen LogP contribution in [0.5, 0.6) is 0 Å². The van der Waals surface area contributed by atoms with Crippen LogP contribution in [0.15, 0.2) is 29.3 Å². The van der Waals surface area contributed by atoms with E-state index in [4.69, 9.17) is 10.5 Å². The molecule has 1 heterocycles. The van der Waals surface area contributed by atoms with Crippen LogP contribution in [0.2, 0.25) is 0 Å². The maximum absolute atomic E-state index is 10.9. The fourth-order valence-electron chi connectivity index (χ4n) is 1.88. The van der Waals surface area contributed by atoms with E-state index in [-0.39, 0.29) is 12.2 Å². The molecular formula is C12H16N4O3. The fraction of sp³-hybridized carbons (Fsp3) is 0.417. The highest BCUT2D eigenvalue weighted by molar-refractivity contribution is 5.78. The summed E-state index contributed by atoms with van der Waals surface area (Å²) in [4.78, 5) is 16.6. The van der Waals surface area contributed by atoms with Crippen molar-refractivity contribution < 1.29 is 9.66 Å². The third-order valence-corrected chi connectivity index (χ3v) is 2.93. The number of nitrogens with two attached hydrogens (primary N) is 1. The molecule has 0 saturated carbocycles. The molecule has 7 heteroatoms. The van der Waals surface area contributed by atoms with Gasteiger partial charge in [-0.25, -0.2) is 4.99 Å². The first kappa shape index (κ1) is 13.3. The first-order valence-corrected chi connectivity index (χ1v) is 6.03. The smallest absolute Gasteiger partial charge is 0.274 e. The number of nitro benzene ring substituents is 1. The summed E-state index contributed by atoms with van der Waals surface area (Å²) in [5.74, 6) is 0.404. The Morgan fingerprint density at radius 1 is 1.42 bits per heavy atom. The van der Waals surface area contributed by atoms with Crippen LogP contribution in [0.4, 0.5) is 5.69 Å². The number of guanidine groups is 1. The van der Waals surface area contributed by atoms with Gasteiger partial charge in [0.1, 0.15) is 0 Å². The molecule has 19 heavy (non-hydrogen) atoms. The van der Waals surface area contributed by atoms with E-state index < -0.39 is 4.92 Å². The lowest BCUT2D eigenvalue weighted by molar-refractivity contribution is -0.385. The van der Waals surface area contributed by atoms with Crippen molar-refractivity contribution in [1.82, 2.24) is 4.90 Å². The van der Waals surface area contributed by atoms with Crippen molar-refractivity contribution in [3.05, 3.63) is 39.9 Å². The number of nitro groups is 1. The van der Waals surface area contributed by atoms with Gasteiger partial charge in [0.25, 0.3) is 5.69 Å². The standard InChI is InChI=1S/C12H16N4O3/c13-12(15-5-7-19-8-6-15)14-9-10-3-1-2-4-11(10)16(17)18/h1-4H,5-9H2,(H2,13,14). The average Bonchev–Trinajstić information content (AvgIpc) is 2.46. The molecule has 0 spiro atoms. The maximum Gasteiger partial charge on any atom is 0.274 e. The quantitative estimate of drug-likeness (QED) is 0.376. The van der Waals surface area contributed by atoms with Gasteiger partial charge in [-0.1, -0.05) is 18.2 Å². The van der Waals surface area contributed by atoms with Gasteiger partial charge in [0, 0.05) is 19.2 Å². The lowest BCUT2D eigenvalue weighted by Crippen LogP contribution is -2.44. The zero-order valence-corrected chi connectivity index (χ0v) is 10.5. The Morgan fingerprint density at radius 2 is 2.11 bits per heavy atom. The van der Waals surface area contributed by atoms with E-state index in [1.165, 1.54) is 6.07 Å². The highest BCUT2D eigenvalue weighted by atomic mass is 16.6. The van der Waals surface area contributed by atoms with Gasteiger partial charge in [0.15, 0.2) is 5.96 Å². The van der Waals surface area contributed by atoms with Gasteiger partial charge in [-0.3, -0.25) is 10.1 Å². The molecule has 1 saturated heterocycles. The van der Waals surface area contributed by atoms with E-state index in [0.717, 1.165) is 0 Å². The molecule has 0 bridgehead atoms. The molecule has 0 amide bonds. The third-order valence-electron chi connectivity index (χ3n) is 2.93. The number of aliphatic imine (C=N–C) groups is 1. The Morgan fingerprint density at radius 3 is 2.79 bits per heavy atom. The Hall–Kier alpha value is -2.15. The van der Waals surface area contributed by atoms with Crippen molar-refractivity contribution in [2.75, 3.05) is 26.3 Å². The highest BCUT2D eigenvalue weighted by Gasteiger charge is 2.14. The summed E-state index contributed by atoms with van der Waals surface area (Å²) in [5, 5.41) is 10.9. The zero-order chi connectivity index (χ0) is 13.7. The summed E-state index contributed by atoms with van der Waals surface area (Å²) in [6.07, 6.45) is 0. The Balaban J connectivity index is 2.06. The summed E-state index contributed by atoms with van der Waals surface area (Å²) in [7, 11) is 0. The van der Waals surface area contributed by atoms with Crippen LogP contribution in [-0.4, -0.2) is 42.1 Å². The molecule has 0 atom stereocenters. The first-order valence-electron chi connectivity index (χ1n) is 6.03. The number of morpholine rings is 1. The molecular weight excluding hydrogens is 248 g/mol. The van der Waals surface area contributed by atoms with Gasteiger partial charge in [0.05, 0.1) is 30.2 Å². The van der Waals surface area contributed by atoms with Gasteiger partial charge < -0.3 is 15.4 Å².